The van der Waals surface area contributed by atoms with Gasteiger partial charge < -0.3 is 15.4 Å². The number of carbonyl (C=O) groups excluding carboxylic acids is 1. The third-order valence-corrected chi connectivity index (χ3v) is 2.78. The second kappa shape index (κ2) is 9.37. The summed E-state index contributed by atoms with van der Waals surface area (Å²) in [6.45, 7) is 7.96. The zero-order valence-corrected chi connectivity index (χ0v) is 12.7. The molecule has 0 heterocycles. The first-order valence-electron chi connectivity index (χ1n) is 7.34. The van der Waals surface area contributed by atoms with E-state index in [9.17, 15) is 4.79 Å². The van der Waals surface area contributed by atoms with Crippen LogP contribution in [-0.2, 0) is 11.3 Å². The van der Waals surface area contributed by atoms with Crippen LogP contribution in [0, 0.1) is 0 Å². The van der Waals surface area contributed by atoms with E-state index in [1.165, 1.54) is 0 Å². The molecule has 0 radical (unpaired) electrons. The number of rotatable bonds is 9. The Kier molecular flexibility index (Phi) is 7.73. The molecule has 2 N–H and O–H groups in total. The highest BCUT2D eigenvalue weighted by atomic mass is 16.5. The molecule has 0 aliphatic heterocycles. The third-order valence-electron chi connectivity index (χ3n) is 2.78. The molecule has 1 aromatic rings. The zero-order valence-electron chi connectivity index (χ0n) is 12.7. The van der Waals surface area contributed by atoms with Gasteiger partial charge in [-0.15, -0.1) is 0 Å². The monoisotopic (exact) mass is 278 g/mol. The molecule has 112 valence electrons. The summed E-state index contributed by atoms with van der Waals surface area (Å²) in [6.07, 6.45) is 2.42. The average molecular weight is 278 g/mol. The SMILES string of the molecule is CCCCNCC(=O)NCc1ccc(OC(C)C)cc1. The van der Waals surface area contributed by atoms with Gasteiger partial charge in [-0.3, -0.25) is 4.79 Å². The van der Waals surface area contributed by atoms with Crippen LogP contribution in [0.5, 0.6) is 5.75 Å². The van der Waals surface area contributed by atoms with E-state index in [-0.39, 0.29) is 12.0 Å². The average Bonchev–Trinajstić information content (AvgIpc) is 2.42. The van der Waals surface area contributed by atoms with Gasteiger partial charge in [0.2, 0.25) is 5.91 Å². The van der Waals surface area contributed by atoms with Gasteiger partial charge in [-0.2, -0.15) is 0 Å². The lowest BCUT2D eigenvalue weighted by molar-refractivity contribution is -0.120. The summed E-state index contributed by atoms with van der Waals surface area (Å²) in [4.78, 5) is 11.6. The first-order chi connectivity index (χ1) is 9.61. The van der Waals surface area contributed by atoms with Gasteiger partial charge in [0, 0.05) is 6.54 Å². The van der Waals surface area contributed by atoms with Crippen LogP contribution in [0.4, 0.5) is 0 Å². The Morgan fingerprint density at radius 3 is 2.55 bits per heavy atom. The zero-order chi connectivity index (χ0) is 14.8. The number of amides is 1. The highest BCUT2D eigenvalue weighted by molar-refractivity contribution is 5.77. The molecule has 20 heavy (non-hydrogen) atoms. The lowest BCUT2D eigenvalue weighted by Gasteiger charge is -2.10. The van der Waals surface area contributed by atoms with E-state index >= 15 is 0 Å². The fraction of sp³-hybridized carbons (Fsp3) is 0.562. The molecule has 1 amide bonds. The number of hydrogen-bond acceptors (Lipinski definition) is 3. The third kappa shape index (κ3) is 7.14. The molecule has 0 spiro atoms. The van der Waals surface area contributed by atoms with E-state index in [2.05, 4.69) is 17.6 Å². The Labute approximate surface area is 121 Å². The lowest BCUT2D eigenvalue weighted by atomic mass is 10.2. The predicted molar refractivity (Wildman–Crippen MR) is 81.8 cm³/mol. The van der Waals surface area contributed by atoms with Crippen LogP contribution in [0.25, 0.3) is 0 Å². The number of carbonyl (C=O) groups is 1. The van der Waals surface area contributed by atoms with Crippen LogP contribution in [-0.4, -0.2) is 25.1 Å². The summed E-state index contributed by atoms with van der Waals surface area (Å²) in [7, 11) is 0. The molecule has 0 bridgehead atoms. The second-order valence-electron chi connectivity index (χ2n) is 5.12. The van der Waals surface area contributed by atoms with Gasteiger partial charge in [0.1, 0.15) is 5.75 Å². The molecule has 0 aliphatic rings. The van der Waals surface area contributed by atoms with Crippen LogP contribution in [0.3, 0.4) is 0 Å². The van der Waals surface area contributed by atoms with E-state index in [4.69, 9.17) is 4.74 Å². The van der Waals surface area contributed by atoms with E-state index in [0.29, 0.717) is 13.1 Å². The van der Waals surface area contributed by atoms with Crippen molar-refractivity contribution in [1.29, 1.82) is 0 Å². The van der Waals surface area contributed by atoms with Crippen molar-refractivity contribution in [3.05, 3.63) is 29.8 Å². The molecule has 0 saturated heterocycles. The topological polar surface area (TPSA) is 50.4 Å². The van der Waals surface area contributed by atoms with Crippen molar-refractivity contribution >= 4 is 5.91 Å². The molecule has 1 rings (SSSR count). The molecule has 4 nitrogen and oxygen atoms in total. The molecular weight excluding hydrogens is 252 g/mol. The van der Waals surface area contributed by atoms with Crippen LogP contribution in [0.2, 0.25) is 0 Å². The van der Waals surface area contributed by atoms with Gasteiger partial charge >= 0.3 is 0 Å². The Bertz CT molecular complexity index is 388. The van der Waals surface area contributed by atoms with Gasteiger partial charge in [-0.25, -0.2) is 0 Å². The van der Waals surface area contributed by atoms with Crippen molar-refractivity contribution < 1.29 is 9.53 Å². The van der Waals surface area contributed by atoms with Gasteiger partial charge in [0.25, 0.3) is 0 Å². The van der Waals surface area contributed by atoms with E-state index in [1.807, 2.05) is 38.1 Å². The molecule has 0 saturated carbocycles. The standard InChI is InChI=1S/C16H26N2O2/c1-4-5-10-17-12-16(19)18-11-14-6-8-15(9-7-14)20-13(2)3/h6-9,13,17H,4-5,10-12H2,1-3H3,(H,18,19). The maximum atomic E-state index is 11.6. The van der Waals surface area contributed by atoms with Crippen molar-refractivity contribution in [2.45, 2.75) is 46.3 Å². The summed E-state index contributed by atoms with van der Waals surface area (Å²) in [5.41, 5.74) is 1.07. The Hall–Kier alpha value is -1.55. The molecular formula is C16H26N2O2. The Balaban J connectivity index is 2.25. The summed E-state index contributed by atoms with van der Waals surface area (Å²) in [5, 5.41) is 6.01. The molecule has 0 atom stereocenters. The minimum Gasteiger partial charge on any atom is -0.491 e. The summed E-state index contributed by atoms with van der Waals surface area (Å²) >= 11 is 0. The summed E-state index contributed by atoms with van der Waals surface area (Å²) in [5.74, 6) is 0.889. The lowest BCUT2D eigenvalue weighted by Crippen LogP contribution is -2.33. The van der Waals surface area contributed by atoms with Gasteiger partial charge in [-0.1, -0.05) is 25.5 Å². The highest BCUT2D eigenvalue weighted by Gasteiger charge is 2.01. The minimum atomic E-state index is 0.0311. The Morgan fingerprint density at radius 2 is 1.95 bits per heavy atom. The van der Waals surface area contributed by atoms with E-state index < -0.39 is 0 Å². The van der Waals surface area contributed by atoms with Crippen molar-refractivity contribution in [1.82, 2.24) is 10.6 Å². The molecule has 0 aromatic heterocycles. The normalized spacial score (nSPS) is 10.6. The summed E-state index contributed by atoms with van der Waals surface area (Å²) in [6, 6.07) is 7.81. The van der Waals surface area contributed by atoms with E-state index in [0.717, 1.165) is 30.7 Å². The first kappa shape index (κ1) is 16.5. The largest absolute Gasteiger partial charge is 0.491 e. The summed E-state index contributed by atoms with van der Waals surface area (Å²) < 4.78 is 5.57. The smallest absolute Gasteiger partial charge is 0.234 e. The van der Waals surface area contributed by atoms with Crippen molar-refractivity contribution in [3.8, 4) is 5.75 Å². The molecule has 0 unspecified atom stereocenters. The van der Waals surface area contributed by atoms with Crippen LogP contribution < -0.4 is 15.4 Å². The molecule has 0 fully saturated rings. The fourth-order valence-corrected chi connectivity index (χ4v) is 1.72. The van der Waals surface area contributed by atoms with Crippen molar-refractivity contribution in [3.63, 3.8) is 0 Å². The van der Waals surface area contributed by atoms with Gasteiger partial charge in [0.15, 0.2) is 0 Å². The minimum absolute atomic E-state index is 0.0311. The molecule has 0 aliphatic carbocycles. The number of ether oxygens (including phenoxy) is 1. The number of hydrogen-bond donors (Lipinski definition) is 2. The molecule has 1 aromatic carbocycles. The second-order valence-corrected chi connectivity index (χ2v) is 5.12. The highest BCUT2D eigenvalue weighted by Crippen LogP contribution is 2.13. The maximum absolute atomic E-state index is 11.6. The number of unbranched alkanes of at least 4 members (excludes halogenated alkanes) is 1. The van der Waals surface area contributed by atoms with Crippen molar-refractivity contribution in [2.75, 3.05) is 13.1 Å². The van der Waals surface area contributed by atoms with Crippen molar-refractivity contribution in [2.24, 2.45) is 0 Å². The molecule has 4 heteroatoms. The Morgan fingerprint density at radius 1 is 1.25 bits per heavy atom. The fourth-order valence-electron chi connectivity index (χ4n) is 1.72. The predicted octanol–water partition coefficient (Wildman–Crippen LogP) is 2.48. The van der Waals surface area contributed by atoms with Gasteiger partial charge in [0.05, 0.1) is 12.6 Å². The van der Waals surface area contributed by atoms with Crippen LogP contribution in [0.15, 0.2) is 24.3 Å². The van der Waals surface area contributed by atoms with Crippen LogP contribution in [0.1, 0.15) is 39.2 Å². The van der Waals surface area contributed by atoms with Gasteiger partial charge in [-0.05, 0) is 44.5 Å². The van der Waals surface area contributed by atoms with Crippen LogP contribution >= 0.6 is 0 Å². The maximum Gasteiger partial charge on any atom is 0.234 e. The number of nitrogens with one attached hydrogen (secondary N) is 2. The first-order valence-corrected chi connectivity index (χ1v) is 7.34. The quantitative estimate of drug-likeness (QED) is 0.682. The van der Waals surface area contributed by atoms with E-state index in [1.54, 1.807) is 0 Å². The number of benzene rings is 1.